The number of aromatic nitrogens is 5. The van der Waals surface area contributed by atoms with Gasteiger partial charge in [0.15, 0.2) is 11.2 Å². The van der Waals surface area contributed by atoms with Gasteiger partial charge in [-0.05, 0) is 42.3 Å². The fraction of sp³-hybridized carbons (Fsp3) is 0.182. The number of nitrogens with one attached hydrogen (secondary N) is 1. The Bertz CT molecular complexity index is 1470. The van der Waals surface area contributed by atoms with E-state index in [-0.39, 0.29) is 5.56 Å². The molecule has 0 atom stereocenters. The average Bonchev–Trinajstić information content (AvgIpc) is 3.35. The summed E-state index contributed by atoms with van der Waals surface area (Å²) in [5, 5.41) is 5.09. The van der Waals surface area contributed by atoms with Gasteiger partial charge in [-0.15, -0.1) is 11.3 Å². The molecule has 156 valence electrons. The number of fused-ring (bicyclic) bond motifs is 2. The summed E-state index contributed by atoms with van der Waals surface area (Å²) in [6, 6.07) is 13.6. The molecule has 0 aliphatic heterocycles. The fourth-order valence-electron chi connectivity index (χ4n) is 3.52. The summed E-state index contributed by atoms with van der Waals surface area (Å²) in [6.07, 6.45) is 2.53. The number of aryl methyl sites for hydroxylation is 2. The lowest BCUT2D eigenvalue weighted by Crippen LogP contribution is -2.19. The van der Waals surface area contributed by atoms with Gasteiger partial charge in [0.2, 0.25) is 5.95 Å². The van der Waals surface area contributed by atoms with Crippen LogP contribution in [0.2, 0.25) is 5.02 Å². The molecule has 31 heavy (non-hydrogen) atoms. The molecule has 0 bridgehead atoms. The van der Waals surface area contributed by atoms with Crippen LogP contribution in [-0.4, -0.2) is 24.1 Å². The Balaban J connectivity index is 1.61. The Morgan fingerprint density at radius 3 is 2.71 bits per heavy atom. The van der Waals surface area contributed by atoms with E-state index in [1.165, 1.54) is 0 Å². The molecule has 0 spiro atoms. The first-order chi connectivity index (χ1) is 15.0. The molecule has 9 heteroatoms. The topological polar surface area (TPSA) is 77.6 Å². The standard InChI is InChI=1S/C22H19ClN6OS/c1-3-18-26-16-9-8-15(10-17(16)31-18)25-22-27-21(30)19-20(24-12-28(19)2)29(22)11-13-4-6-14(23)7-5-13/h4-10,12H,3,11H2,1-2H3,(H,25,27,30). The number of hydrogen-bond acceptors (Lipinski definition) is 6. The van der Waals surface area contributed by atoms with Gasteiger partial charge >= 0.3 is 5.56 Å². The molecule has 0 aliphatic rings. The summed E-state index contributed by atoms with van der Waals surface area (Å²) in [7, 11) is 1.79. The average molecular weight is 451 g/mol. The molecule has 0 saturated heterocycles. The molecule has 5 rings (SSSR count). The van der Waals surface area contributed by atoms with Gasteiger partial charge in [-0.2, -0.15) is 4.98 Å². The van der Waals surface area contributed by atoms with E-state index in [2.05, 4.69) is 27.2 Å². The third kappa shape index (κ3) is 3.68. The zero-order chi connectivity index (χ0) is 21.5. The molecular formula is C22H19ClN6OS. The number of anilines is 2. The smallest absolute Gasteiger partial charge is 0.300 e. The maximum absolute atomic E-state index is 12.7. The van der Waals surface area contributed by atoms with Gasteiger partial charge in [0.25, 0.3) is 0 Å². The van der Waals surface area contributed by atoms with Crippen LogP contribution in [0.15, 0.2) is 53.6 Å². The van der Waals surface area contributed by atoms with Crippen molar-refractivity contribution in [3.63, 3.8) is 0 Å². The van der Waals surface area contributed by atoms with Gasteiger partial charge < -0.3 is 9.88 Å². The van der Waals surface area contributed by atoms with Crippen LogP contribution in [0.1, 0.15) is 17.5 Å². The Labute approximate surface area is 187 Å². The van der Waals surface area contributed by atoms with Crippen molar-refractivity contribution in [2.24, 2.45) is 7.05 Å². The summed E-state index contributed by atoms with van der Waals surface area (Å²) in [5.74, 6) is 0.436. The zero-order valence-electron chi connectivity index (χ0n) is 17.0. The molecule has 0 fully saturated rings. The first kappa shape index (κ1) is 19.7. The maximum Gasteiger partial charge on any atom is 0.300 e. The number of hydrogen-bond donors (Lipinski definition) is 1. The number of nitrogens with zero attached hydrogens (tertiary/aromatic N) is 5. The van der Waals surface area contributed by atoms with Crippen molar-refractivity contribution in [2.45, 2.75) is 19.9 Å². The molecule has 3 aromatic heterocycles. The van der Waals surface area contributed by atoms with Crippen LogP contribution >= 0.6 is 22.9 Å². The molecule has 0 saturated carbocycles. The van der Waals surface area contributed by atoms with Gasteiger partial charge in [0.1, 0.15) is 0 Å². The van der Waals surface area contributed by atoms with Crippen LogP contribution in [0.25, 0.3) is 21.4 Å². The van der Waals surface area contributed by atoms with Crippen LogP contribution in [0, 0.1) is 0 Å². The number of benzene rings is 2. The lowest BCUT2D eigenvalue weighted by Gasteiger charge is -2.15. The number of thiazole rings is 1. The monoisotopic (exact) mass is 450 g/mol. The normalized spacial score (nSPS) is 11.5. The zero-order valence-corrected chi connectivity index (χ0v) is 18.5. The second-order valence-electron chi connectivity index (χ2n) is 7.25. The first-order valence-electron chi connectivity index (χ1n) is 9.84. The second kappa shape index (κ2) is 7.79. The van der Waals surface area contributed by atoms with Crippen molar-refractivity contribution in [3.05, 3.63) is 74.7 Å². The summed E-state index contributed by atoms with van der Waals surface area (Å²) in [5.41, 5.74) is 3.55. The number of halogens is 1. The highest BCUT2D eigenvalue weighted by atomic mass is 35.5. The quantitative estimate of drug-likeness (QED) is 0.418. The highest BCUT2D eigenvalue weighted by Crippen LogP contribution is 2.27. The van der Waals surface area contributed by atoms with Crippen molar-refractivity contribution in [2.75, 3.05) is 5.32 Å². The second-order valence-corrected chi connectivity index (χ2v) is 8.80. The third-order valence-corrected chi connectivity index (χ3v) is 6.50. The van der Waals surface area contributed by atoms with Gasteiger partial charge in [-0.1, -0.05) is 30.7 Å². The molecule has 2 aromatic carbocycles. The van der Waals surface area contributed by atoms with E-state index in [0.29, 0.717) is 28.7 Å². The molecule has 0 unspecified atom stereocenters. The molecule has 7 nitrogen and oxygen atoms in total. The van der Waals surface area contributed by atoms with Crippen LogP contribution in [-0.2, 0) is 20.0 Å². The minimum atomic E-state index is -0.322. The van der Waals surface area contributed by atoms with Crippen molar-refractivity contribution in [1.29, 1.82) is 0 Å². The van der Waals surface area contributed by atoms with Gasteiger partial charge in [0, 0.05) is 17.8 Å². The van der Waals surface area contributed by atoms with Crippen molar-refractivity contribution >= 4 is 56.0 Å². The Kier molecular flexibility index (Phi) is 4.95. The highest BCUT2D eigenvalue weighted by Gasteiger charge is 2.16. The predicted octanol–water partition coefficient (Wildman–Crippen LogP) is 4.75. The summed E-state index contributed by atoms with van der Waals surface area (Å²) in [4.78, 5) is 26.2. The molecule has 3 heterocycles. The van der Waals surface area contributed by atoms with E-state index >= 15 is 0 Å². The van der Waals surface area contributed by atoms with E-state index in [9.17, 15) is 4.79 Å². The maximum atomic E-state index is 12.7. The summed E-state index contributed by atoms with van der Waals surface area (Å²) in [6.45, 7) is 2.58. The minimum absolute atomic E-state index is 0.322. The molecule has 0 radical (unpaired) electrons. The predicted molar refractivity (Wildman–Crippen MR) is 126 cm³/mol. The lowest BCUT2D eigenvalue weighted by atomic mass is 10.2. The Morgan fingerprint density at radius 1 is 1.13 bits per heavy atom. The van der Waals surface area contributed by atoms with E-state index in [1.54, 1.807) is 29.3 Å². The van der Waals surface area contributed by atoms with E-state index in [1.807, 2.05) is 47.0 Å². The van der Waals surface area contributed by atoms with E-state index in [0.717, 1.165) is 32.9 Å². The number of rotatable bonds is 5. The lowest BCUT2D eigenvalue weighted by molar-refractivity contribution is 0.800. The van der Waals surface area contributed by atoms with Gasteiger partial charge in [-0.25, -0.2) is 9.97 Å². The number of imidazole rings is 1. The van der Waals surface area contributed by atoms with Crippen LogP contribution in [0.4, 0.5) is 11.6 Å². The van der Waals surface area contributed by atoms with Crippen LogP contribution in [0.5, 0.6) is 0 Å². The van der Waals surface area contributed by atoms with Crippen LogP contribution < -0.4 is 10.9 Å². The Hall–Kier alpha value is -3.23. The van der Waals surface area contributed by atoms with Gasteiger partial charge in [0.05, 0.1) is 28.1 Å². The van der Waals surface area contributed by atoms with E-state index in [4.69, 9.17) is 11.6 Å². The third-order valence-electron chi connectivity index (χ3n) is 5.08. The minimum Gasteiger partial charge on any atom is -0.328 e. The van der Waals surface area contributed by atoms with Crippen molar-refractivity contribution in [3.8, 4) is 0 Å². The molecular weight excluding hydrogens is 432 g/mol. The van der Waals surface area contributed by atoms with Crippen LogP contribution in [0.3, 0.4) is 0 Å². The first-order valence-corrected chi connectivity index (χ1v) is 11.0. The SMILES string of the molecule is CCc1nc2ccc(Nc3nc(=O)c4c(ncn4C)n3Cc3ccc(Cl)cc3)cc2s1. The highest BCUT2D eigenvalue weighted by molar-refractivity contribution is 7.18. The molecule has 5 aromatic rings. The molecule has 0 amide bonds. The van der Waals surface area contributed by atoms with Crippen molar-refractivity contribution in [1.82, 2.24) is 24.1 Å². The summed E-state index contributed by atoms with van der Waals surface area (Å²) < 4.78 is 4.70. The Morgan fingerprint density at radius 2 is 1.94 bits per heavy atom. The largest absolute Gasteiger partial charge is 0.328 e. The molecule has 1 N–H and O–H groups in total. The van der Waals surface area contributed by atoms with Crippen molar-refractivity contribution < 1.29 is 0 Å². The summed E-state index contributed by atoms with van der Waals surface area (Å²) >= 11 is 7.71. The van der Waals surface area contributed by atoms with E-state index < -0.39 is 0 Å². The molecule has 0 aliphatic carbocycles. The fourth-order valence-corrected chi connectivity index (χ4v) is 4.59. The van der Waals surface area contributed by atoms with Gasteiger partial charge in [-0.3, -0.25) is 9.36 Å².